The predicted molar refractivity (Wildman–Crippen MR) is 129 cm³/mol. The fourth-order valence-corrected chi connectivity index (χ4v) is 3.51. The molecule has 0 aliphatic carbocycles. The zero-order valence-corrected chi connectivity index (χ0v) is 19.6. The lowest BCUT2D eigenvalue weighted by atomic mass is 10.1. The fraction of sp³-hybridized carbons (Fsp3) is 0.154. The maximum atomic E-state index is 13.7. The van der Waals surface area contributed by atoms with Crippen molar-refractivity contribution in [1.82, 2.24) is 0 Å². The normalized spacial score (nSPS) is 11.4. The zero-order chi connectivity index (χ0) is 25.9. The summed E-state index contributed by atoms with van der Waals surface area (Å²) in [5, 5.41) is 2.51. The van der Waals surface area contributed by atoms with Crippen LogP contribution in [0, 0.1) is 0 Å². The summed E-state index contributed by atoms with van der Waals surface area (Å²) in [4.78, 5) is 25.1. The second-order valence-electron chi connectivity index (χ2n) is 7.66. The number of aryl methyl sites for hydroxylation is 1. The Hall–Kier alpha value is -3.98. The number of alkyl halides is 3. The fourth-order valence-electron chi connectivity index (χ4n) is 3.33. The quantitative estimate of drug-likeness (QED) is 0.290. The van der Waals surface area contributed by atoms with Crippen LogP contribution in [0.2, 0.25) is 5.02 Å². The van der Waals surface area contributed by atoms with E-state index in [1.54, 1.807) is 18.2 Å². The first-order chi connectivity index (χ1) is 17.2. The summed E-state index contributed by atoms with van der Waals surface area (Å²) in [6, 6.07) is 16.7. The van der Waals surface area contributed by atoms with Gasteiger partial charge in [0.1, 0.15) is 17.1 Å². The number of anilines is 1. The van der Waals surface area contributed by atoms with E-state index in [1.807, 2.05) is 19.1 Å². The van der Waals surface area contributed by atoms with Crippen LogP contribution in [-0.4, -0.2) is 12.5 Å². The molecule has 0 spiro atoms. The van der Waals surface area contributed by atoms with E-state index in [9.17, 15) is 22.8 Å². The van der Waals surface area contributed by atoms with Crippen molar-refractivity contribution in [3.05, 3.63) is 93.3 Å². The minimum Gasteiger partial charge on any atom is -0.484 e. The molecule has 0 fully saturated rings. The Kier molecular flexibility index (Phi) is 7.21. The van der Waals surface area contributed by atoms with Gasteiger partial charge in [-0.2, -0.15) is 13.2 Å². The molecule has 0 saturated heterocycles. The van der Waals surface area contributed by atoms with E-state index in [0.29, 0.717) is 5.69 Å². The highest BCUT2D eigenvalue weighted by molar-refractivity contribution is 6.32. The number of hydrogen-bond donors (Lipinski definition) is 1. The first-order valence-electron chi connectivity index (χ1n) is 10.8. The Morgan fingerprint density at radius 1 is 1.06 bits per heavy atom. The minimum absolute atomic E-state index is 0.0217. The third-order valence-electron chi connectivity index (χ3n) is 5.14. The van der Waals surface area contributed by atoms with Crippen molar-refractivity contribution in [2.24, 2.45) is 0 Å². The molecule has 0 radical (unpaired) electrons. The summed E-state index contributed by atoms with van der Waals surface area (Å²) in [5.74, 6) is -3.22. The van der Waals surface area contributed by atoms with E-state index in [-0.39, 0.29) is 27.5 Å². The summed E-state index contributed by atoms with van der Waals surface area (Å²) >= 11 is 5.97. The number of nitrogens with one attached hydrogen (secondary N) is 1. The largest absolute Gasteiger partial charge is 0.484 e. The van der Waals surface area contributed by atoms with Crippen LogP contribution in [0.4, 0.5) is 18.9 Å². The second-order valence-corrected chi connectivity index (χ2v) is 8.07. The molecule has 186 valence electrons. The van der Waals surface area contributed by atoms with Gasteiger partial charge in [0.15, 0.2) is 6.61 Å². The number of carbonyl (C=O) groups is 1. The highest BCUT2D eigenvalue weighted by Gasteiger charge is 2.40. The summed E-state index contributed by atoms with van der Waals surface area (Å²) in [6.07, 6.45) is -4.17. The van der Waals surface area contributed by atoms with Crippen molar-refractivity contribution in [3.63, 3.8) is 0 Å². The van der Waals surface area contributed by atoms with Gasteiger partial charge < -0.3 is 19.2 Å². The average molecular weight is 518 g/mol. The number of halogens is 4. The zero-order valence-electron chi connectivity index (χ0n) is 18.8. The standard InChI is InChI=1S/C26H19ClF3NO5/c1-2-15-7-9-16(10-8-15)31-22(32)14-34-17-11-12-18-21(13-17)36-25(26(28,29)30)24(23(18)33)35-20-6-4-3-5-19(20)27/h3-13H,2,14H2,1H3,(H,31,32). The smallest absolute Gasteiger partial charge is 0.453 e. The molecule has 0 aliphatic rings. The monoisotopic (exact) mass is 517 g/mol. The average Bonchev–Trinajstić information content (AvgIpc) is 2.85. The van der Waals surface area contributed by atoms with E-state index >= 15 is 0 Å². The van der Waals surface area contributed by atoms with Crippen LogP contribution in [0.5, 0.6) is 17.2 Å². The van der Waals surface area contributed by atoms with Crippen molar-refractivity contribution in [1.29, 1.82) is 0 Å². The summed E-state index contributed by atoms with van der Waals surface area (Å²) in [6.45, 7) is 1.60. The molecule has 1 heterocycles. The molecule has 1 N–H and O–H groups in total. The molecule has 10 heteroatoms. The highest BCUT2D eigenvalue weighted by Crippen LogP contribution is 2.39. The SMILES string of the molecule is CCc1ccc(NC(=O)COc2ccc3c(=O)c(Oc4ccccc4Cl)c(C(F)(F)F)oc3c2)cc1. The van der Waals surface area contributed by atoms with Crippen LogP contribution in [0.3, 0.4) is 0 Å². The Balaban J connectivity index is 1.58. The first kappa shape index (κ1) is 25.1. The van der Waals surface area contributed by atoms with Gasteiger partial charge in [-0.1, -0.05) is 42.8 Å². The number of carbonyl (C=O) groups excluding carboxylic acids is 1. The number of fused-ring (bicyclic) bond motifs is 1. The molecule has 36 heavy (non-hydrogen) atoms. The summed E-state index contributed by atoms with van der Waals surface area (Å²) < 4.78 is 56.9. The molecule has 0 unspecified atom stereocenters. The molecule has 0 aliphatic heterocycles. The van der Waals surface area contributed by atoms with Crippen LogP contribution >= 0.6 is 11.6 Å². The van der Waals surface area contributed by atoms with E-state index in [4.69, 9.17) is 25.5 Å². The lowest BCUT2D eigenvalue weighted by molar-refractivity contribution is -0.154. The molecule has 0 bridgehead atoms. The van der Waals surface area contributed by atoms with Gasteiger partial charge in [-0.15, -0.1) is 0 Å². The molecule has 1 amide bonds. The van der Waals surface area contributed by atoms with Crippen LogP contribution in [-0.2, 0) is 17.4 Å². The number of ether oxygens (including phenoxy) is 2. The maximum Gasteiger partial charge on any atom is 0.453 e. The molecule has 0 atom stereocenters. The number of rotatable bonds is 7. The molecule has 1 aromatic heterocycles. The lowest BCUT2D eigenvalue weighted by Crippen LogP contribution is -2.20. The van der Waals surface area contributed by atoms with Gasteiger partial charge >= 0.3 is 6.18 Å². The molecular formula is C26H19ClF3NO5. The van der Waals surface area contributed by atoms with Crippen LogP contribution < -0.4 is 20.2 Å². The molecule has 3 aromatic carbocycles. The van der Waals surface area contributed by atoms with Crippen molar-refractivity contribution in [2.75, 3.05) is 11.9 Å². The van der Waals surface area contributed by atoms with Gasteiger partial charge in [-0.25, -0.2) is 0 Å². The highest BCUT2D eigenvalue weighted by atomic mass is 35.5. The number of hydrogen-bond acceptors (Lipinski definition) is 5. The summed E-state index contributed by atoms with van der Waals surface area (Å²) in [5.41, 5.74) is 0.266. The molecule has 4 rings (SSSR count). The Morgan fingerprint density at radius 2 is 1.78 bits per heavy atom. The minimum atomic E-state index is -5.03. The topological polar surface area (TPSA) is 77.8 Å². The third kappa shape index (κ3) is 5.63. The van der Waals surface area contributed by atoms with Crippen molar-refractivity contribution >= 4 is 34.2 Å². The van der Waals surface area contributed by atoms with Gasteiger partial charge in [0.2, 0.25) is 11.2 Å². The van der Waals surface area contributed by atoms with Crippen LogP contribution in [0.15, 0.2) is 75.9 Å². The van der Waals surface area contributed by atoms with Gasteiger partial charge in [-0.3, -0.25) is 9.59 Å². The predicted octanol–water partition coefficient (Wildman–Crippen LogP) is 6.84. The Bertz CT molecular complexity index is 1470. The Morgan fingerprint density at radius 3 is 2.44 bits per heavy atom. The van der Waals surface area contributed by atoms with E-state index in [1.165, 1.54) is 30.3 Å². The van der Waals surface area contributed by atoms with E-state index < -0.39 is 35.6 Å². The van der Waals surface area contributed by atoms with Gasteiger partial charge in [0.25, 0.3) is 11.7 Å². The molecule has 0 saturated carbocycles. The second kappa shape index (κ2) is 10.3. The Labute approximate surface area is 208 Å². The van der Waals surface area contributed by atoms with Crippen molar-refractivity contribution in [2.45, 2.75) is 19.5 Å². The maximum absolute atomic E-state index is 13.7. The molecule has 6 nitrogen and oxygen atoms in total. The van der Waals surface area contributed by atoms with Gasteiger partial charge in [0, 0.05) is 11.8 Å². The number of amides is 1. The summed E-state index contributed by atoms with van der Waals surface area (Å²) in [7, 11) is 0. The van der Waals surface area contributed by atoms with Gasteiger partial charge in [-0.05, 0) is 48.4 Å². The van der Waals surface area contributed by atoms with E-state index in [2.05, 4.69) is 5.32 Å². The van der Waals surface area contributed by atoms with Crippen LogP contribution in [0.1, 0.15) is 18.2 Å². The van der Waals surface area contributed by atoms with Crippen molar-refractivity contribution in [3.8, 4) is 17.2 Å². The lowest BCUT2D eigenvalue weighted by Gasteiger charge is -2.14. The first-order valence-corrected chi connectivity index (χ1v) is 11.2. The number of para-hydroxylation sites is 1. The third-order valence-corrected chi connectivity index (χ3v) is 5.46. The van der Waals surface area contributed by atoms with Crippen molar-refractivity contribution < 1.29 is 31.9 Å². The van der Waals surface area contributed by atoms with Crippen LogP contribution in [0.25, 0.3) is 11.0 Å². The van der Waals surface area contributed by atoms with E-state index in [0.717, 1.165) is 18.1 Å². The molecular weight excluding hydrogens is 499 g/mol. The number of benzene rings is 3. The van der Waals surface area contributed by atoms with Gasteiger partial charge in [0.05, 0.1) is 10.4 Å². The molecule has 4 aromatic rings.